The van der Waals surface area contributed by atoms with Crippen molar-refractivity contribution in [2.24, 2.45) is 35.5 Å². The van der Waals surface area contributed by atoms with Gasteiger partial charge < -0.3 is 15.2 Å². The lowest BCUT2D eigenvalue weighted by atomic mass is 9.62. The van der Waals surface area contributed by atoms with Gasteiger partial charge in [-0.3, -0.25) is 9.59 Å². The van der Waals surface area contributed by atoms with Crippen LogP contribution in [0.15, 0.2) is 36.4 Å². The molecule has 5 heteroatoms. The summed E-state index contributed by atoms with van der Waals surface area (Å²) in [5.41, 5.74) is 0.635. The summed E-state index contributed by atoms with van der Waals surface area (Å²) in [6.45, 7) is 0. The van der Waals surface area contributed by atoms with E-state index in [9.17, 15) is 14.7 Å². The number of rotatable bonds is 4. The molecule has 2 fully saturated rings. The first kappa shape index (κ1) is 14.3. The molecule has 4 aliphatic rings. The summed E-state index contributed by atoms with van der Waals surface area (Å²) in [4.78, 5) is 24.5. The molecule has 23 heavy (non-hydrogen) atoms. The van der Waals surface area contributed by atoms with Gasteiger partial charge in [-0.15, -0.1) is 0 Å². The van der Waals surface area contributed by atoms with Crippen molar-refractivity contribution in [3.05, 3.63) is 36.4 Å². The summed E-state index contributed by atoms with van der Waals surface area (Å²) in [5.74, 6) is -0.494. The molecule has 1 aromatic rings. The van der Waals surface area contributed by atoms with Crippen LogP contribution in [-0.2, 0) is 9.59 Å². The number of methoxy groups -OCH3 is 1. The Morgan fingerprint density at radius 1 is 1.17 bits per heavy atom. The lowest BCUT2D eigenvalue weighted by Crippen LogP contribution is -2.48. The van der Waals surface area contributed by atoms with Gasteiger partial charge in [-0.2, -0.15) is 0 Å². The maximum absolute atomic E-state index is 12.8. The Hall–Kier alpha value is -2.30. The van der Waals surface area contributed by atoms with Crippen molar-refractivity contribution < 1.29 is 19.4 Å². The van der Waals surface area contributed by atoms with Gasteiger partial charge in [-0.05, 0) is 42.2 Å². The van der Waals surface area contributed by atoms with Gasteiger partial charge in [-0.25, -0.2) is 0 Å². The van der Waals surface area contributed by atoms with Gasteiger partial charge in [0.1, 0.15) is 5.75 Å². The second-order valence-corrected chi connectivity index (χ2v) is 6.71. The van der Waals surface area contributed by atoms with E-state index in [1.165, 1.54) is 0 Å². The number of carbonyl (C=O) groups is 2. The number of fused-ring (bicyclic) bond motifs is 1. The highest BCUT2D eigenvalue weighted by Gasteiger charge is 2.62. The standard InChI is InChI=1S/C18H19NO4/c1-23-10-4-2-3-9(7-10)19-17(20)15-11-5-6-12(14-8-13(11)14)16(15)18(21)22/h2-7,11-16H,8H2,1H3,(H,19,20)(H,21,22)/t11-,12-,13-,14-,15+,16-/m0/s1. The van der Waals surface area contributed by atoms with Crippen molar-refractivity contribution in [2.75, 3.05) is 12.4 Å². The van der Waals surface area contributed by atoms with Crippen LogP contribution in [0.5, 0.6) is 5.75 Å². The topological polar surface area (TPSA) is 75.6 Å². The highest BCUT2D eigenvalue weighted by atomic mass is 16.5. The maximum Gasteiger partial charge on any atom is 0.307 e. The van der Waals surface area contributed by atoms with Gasteiger partial charge in [0.15, 0.2) is 0 Å². The third kappa shape index (κ3) is 2.22. The lowest BCUT2D eigenvalue weighted by molar-refractivity contribution is -0.152. The van der Waals surface area contributed by atoms with Gasteiger partial charge in [0.2, 0.25) is 5.91 Å². The molecule has 0 saturated heterocycles. The first-order chi connectivity index (χ1) is 11.1. The van der Waals surface area contributed by atoms with Crippen LogP contribution >= 0.6 is 0 Å². The Kier molecular flexibility index (Phi) is 3.18. The molecule has 0 aliphatic heterocycles. The molecule has 1 amide bonds. The predicted molar refractivity (Wildman–Crippen MR) is 84.0 cm³/mol. The van der Waals surface area contributed by atoms with Crippen molar-refractivity contribution >= 4 is 17.6 Å². The molecule has 0 heterocycles. The van der Waals surface area contributed by atoms with Crippen molar-refractivity contribution in [2.45, 2.75) is 6.42 Å². The van der Waals surface area contributed by atoms with E-state index in [0.717, 1.165) is 6.42 Å². The highest BCUT2D eigenvalue weighted by Crippen LogP contribution is 2.63. The fraction of sp³-hybridized carbons (Fsp3) is 0.444. The zero-order valence-corrected chi connectivity index (χ0v) is 12.8. The molecule has 0 unspecified atom stereocenters. The normalized spacial score (nSPS) is 36.2. The number of allylic oxidation sites excluding steroid dienone is 2. The maximum atomic E-state index is 12.8. The summed E-state index contributed by atoms with van der Waals surface area (Å²) in [5, 5.41) is 12.5. The van der Waals surface area contributed by atoms with E-state index in [1.807, 2.05) is 6.08 Å². The summed E-state index contributed by atoms with van der Waals surface area (Å²) in [6.07, 6.45) is 5.14. The Bertz CT molecular complexity index is 698. The van der Waals surface area contributed by atoms with Crippen molar-refractivity contribution in [1.82, 2.24) is 0 Å². The summed E-state index contributed by atoms with van der Waals surface area (Å²) in [6, 6.07) is 7.13. The van der Waals surface area contributed by atoms with E-state index in [-0.39, 0.29) is 17.7 Å². The minimum absolute atomic E-state index is 0.00330. The van der Waals surface area contributed by atoms with Crippen LogP contribution in [-0.4, -0.2) is 24.1 Å². The Labute approximate surface area is 134 Å². The van der Waals surface area contributed by atoms with E-state index in [2.05, 4.69) is 11.4 Å². The number of nitrogens with one attached hydrogen (secondary N) is 1. The number of aliphatic carboxylic acids is 1. The van der Waals surface area contributed by atoms with Gasteiger partial charge in [0.05, 0.1) is 18.9 Å². The SMILES string of the molecule is COc1cccc(NC(=O)[C@@H]2[C@H]3C=C[C@@H]([C@@H]4C[C@@H]34)[C@@H]2C(=O)O)c1. The number of anilines is 1. The van der Waals surface area contributed by atoms with Crippen LogP contribution in [0, 0.1) is 35.5 Å². The second kappa shape index (κ2) is 5.11. The Morgan fingerprint density at radius 3 is 2.52 bits per heavy atom. The van der Waals surface area contributed by atoms with Crippen LogP contribution < -0.4 is 10.1 Å². The molecule has 1 aromatic carbocycles. The Morgan fingerprint density at radius 2 is 1.87 bits per heavy atom. The van der Waals surface area contributed by atoms with Gasteiger partial charge in [-0.1, -0.05) is 18.2 Å². The fourth-order valence-electron chi connectivity index (χ4n) is 4.50. The van der Waals surface area contributed by atoms with Crippen molar-refractivity contribution in [3.8, 4) is 5.75 Å². The molecule has 2 N–H and O–H groups in total. The smallest absolute Gasteiger partial charge is 0.307 e. The third-order valence-electron chi connectivity index (χ3n) is 5.58. The first-order valence-corrected chi connectivity index (χ1v) is 7.96. The molecular formula is C18H19NO4. The van der Waals surface area contributed by atoms with Gasteiger partial charge in [0.25, 0.3) is 0 Å². The zero-order valence-electron chi connectivity index (χ0n) is 12.8. The van der Waals surface area contributed by atoms with Crippen molar-refractivity contribution in [1.29, 1.82) is 0 Å². The van der Waals surface area contributed by atoms with E-state index < -0.39 is 17.8 Å². The minimum Gasteiger partial charge on any atom is -0.497 e. The molecule has 5 nitrogen and oxygen atoms in total. The van der Waals surface area contributed by atoms with Crippen LogP contribution in [0.2, 0.25) is 0 Å². The third-order valence-corrected chi connectivity index (χ3v) is 5.58. The molecule has 0 radical (unpaired) electrons. The fourth-order valence-corrected chi connectivity index (χ4v) is 4.50. The predicted octanol–water partition coefficient (Wildman–Crippen LogP) is 2.40. The molecule has 120 valence electrons. The van der Waals surface area contributed by atoms with Crippen molar-refractivity contribution in [3.63, 3.8) is 0 Å². The highest BCUT2D eigenvalue weighted by molar-refractivity contribution is 5.96. The van der Waals surface area contributed by atoms with Crippen LogP contribution in [0.1, 0.15) is 6.42 Å². The number of carbonyl (C=O) groups excluding carboxylic acids is 1. The molecule has 2 saturated carbocycles. The molecule has 5 rings (SSSR count). The van der Waals surface area contributed by atoms with E-state index in [1.54, 1.807) is 31.4 Å². The number of carboxylic acids is 1. The number of carboxylic acid groups (broad SMARTS) is 1. The minimum atomic E-state index is -0.861. The summed E-state index contributed by atoms with van der Waals surface area (Å²) >= 11 is 0. The Balaban J connectivity index is 1.59. The molecule has 2 bridgehead atoms. The number of ether oxygens (including phenoxy) is 1. The zero-order chi connectivity index (χ0) is 16.1. The molecule has 6 atom stereocenters. The van der Waals surface area contributed by atoms with E-state index >= 15 is 0 Å². The van der Waals surface area contributed by atoms with Crippen LogP contribution in [0.25, 0.3) is 0 Å². The van der Waals surface area contributed by atoms with Gasteiger partial charge in [0, 0.05) is 11.8 Å². The molecule has 0 spiro atoms. The van der Waals surface area contributed by atoms with Crippen LogP contribution in [0.3, 0.4) is 0 Å². The first-order valence-electron chi connectivity index (χ1n) is 7.96. The van der Waals surface area contributed by atoms with E-state index in [0.29, 0.717) is 23.3 Å². The van der Waals surface area contributed by atoms with Crippen LogP contribution in [0.4, 0.5) is 5.69 Å². The number of amides is 1. The van der Waals surface area contributed by atoms with E-state index in [4.69, 9.17) is 4.74 Å². The number of benzene rings is 1. The largest absolute Gasteiger partial charge is 0.497 e. The molecular weight excluding hydrogens is 294 g/mol. The monoisotopic (exact) mass is 313 g/mol. The summed E-state index contributed by atoms with van der Waals surface area (Å²) in [7, 11) is 1.57. The number of hydrogen-bond acceptors (Lipinski definition) is 3. The van der Waals surface area contributed by atoms with Gasteiger partial charge >= 0.3 is 5.97 Å². The average molecular weight is 313 g/mol. The average Bonchev–Trinajstić information content (AvgIpc) is 3.36. The molecule has 0 aromatic heterocycles. The second-order valence-electron chi connectivity index (χ2n) is 6.71. The summed E-state index contributed by atoms with van der Waals surface area (Å²) < 4.78 is 5.16. The number of hydrogen-bond donors (Lipinski definition) is 2. The lowest BCUT2D eigenvalue weighted by Gasteiger charge is -2.41. The quantitative estimate of drug-likeness (QED) is 0.837. The molecule has 4 aliphatic carbocycles.